The summed E-state index contributed by atoms with van der Waals surface area (Å²) in [5.41, 5.74) is 0.445. The number of nitrogens with one attached hydrogen (secondary N) is 1. The molecule has 2 heterocycles. The monoisotopic (exact) mass is 384 g/mol. The Balaban J connectivity index is 1.91. The first-order valence-corrected chi connectivity index (χ1v) is 9.42. The maximum atomic E-state index is 12.7. The largest absolute Gasteiger partial charge is 0.378 e. The van der Waals surface area contributed by atoms with Gasteiger partial charge in [-0.25, -0.2) is 4.98 Å². The van der Waals surface area contributed by atoms with Gasteiger partial charge >= 0.3 is 0 Å². The number of aromatic nitrogens is 2. The predicted molar refractivity (Wildman–Crippen MR) is 92.2 cm³/mol. The van der Waals surface area contributed by atoms with Gasteiger partial charge < -0.3 is 14.2 Å². The second-order valence-electron chi connectivity index (χ2n) is 5.51. The number of carbonyl (C=O) groups excluding carboxylic acids is 1. The highest BCUT2D eigenvalue weighted by Gasteiger charge is 2.26. The van der Waals surface area contributed by atoms with Crippen molar-refractivity contribution in [2.45, 2.75) is 5.03 Å². The maximum absolute atomic E-state index is 12.7. The van der Waals surface area contributed by atoms with E-state index in [9.17, 15) is 13.2 Å². The number of rotatable bonds is 4. The number of sulfonamides is 1. The van der Waals surface area contributed by atoms with Crippen molar-refractivity contribution in [3.05, 3.63) is 41.3 Å². The van der Waals surface area contributed by atoms with Crippen molar-refractivity contribution in [1.82, 2.24) is 14.5 Å². The number of para-hydroxylation sites is 1. The minimum absolute atomic E-state index is 0.00973. The van der Waals surface area contributed by atoms with Gasteiger partial charge in [-0.1, -0.05) is 23.7 Å². The Hall–Kier alpha value is -2.10. The highest BCUT2D eigenvalue weighted by molar-refractivity contribution is 7.92. The first-order chi connectivity index (χ1) is 11.9. The highest BCUT2D eigenvalue weighted by atomic mass is 35.5. The van der Waals surface area contributed by atoms with E-state index in [1.807, 2.05) is 0 Å². The molecular weight excluding hydrogens is 368 g/mol. The number of carbonyl (C=O) groups is 1. The van der Waals surface area contributed by atoms with Crippen molar-refractivity contribution in [2.24, 2.45) is 7.05 Å². The van der Waals surface area contributed by atoms with E-state index in [2.05, 4.69) is 9.71 Å². The molecule has 0 spiro atoms. The molecule has 8 nitrogen and oxygen atoms in total. The van der Waals surface area contributed by atoms with Crippen LogP contribution in [0.3, 0.4) is 0 Å². The molecule has 10 heteroatoms. The van der Waals surface area contributed by atoms with Crippen molar-refractivity contribution < 1.29 is 17.9 Å². The van der Waals surface area contributed by atoms with E-state index < -0.39 is 10.0 Å². The number of benzene rings is 1. The molecule has 0 atom stereocenters. The summed E-state index contributed by atoms with van der Waals surface area (Å²) in [6.07, 6.45) is 1.31. The third kappa shape index (κ3) is 3.63. The number of hydrogen-bond acceptors (Lipinski definition) is 5. The van der Waals surface area contributed by atoms with Gasteiger partial charge in [-0.2, -0.15) is 8.42 Å². The number of halogens is 1. The quantitative estimate of drug-likeness (QED) is 0.858. The fraction of sp³-hybridized carbons (Fsp3) is 0.333. The molecular formula is C15H17ClN4O4S. The lowest BCUT2D eigenvalue weighted by atomic mass is 10.1. The van der Waals surface area contributed by atoms with Crippen LogP contribution in [0, 0.1) is 0 Å². The zero-order valence-corrected chi connectivity index (χ0v) is 15.0. The molecule has 2 aromatic rings. The van der Waals surface area contributed by atoms with Crippen LogP contribution in [0.15, 0.2) is 35.6 Å². The van der Waals surface area contributed by atoms with E-state index in [0.717, 1.165) is 0 Å². The number of amides is 1. The molecule has 1 aromatic carbocycles. The van der Waals surface area contributed by atoms with Gasteiger partial charge in [0.05, 0.1) is 30.8 Å². The molecule has 0 unspecified atom stereocenters. The number of nitrogens with zero attached hydrogens (tertiary/aromatic N) is 3. The van der Waals surface area contributed by atoms with Crippen LogP contribution >= 0.6 is 11.6 Å². The highest BCUT2D eigenvalue weighted by Crippen LogP contribution is 2.24. The van der Waals surface area contributed by atoms with E-state index in [4.69, 9.17) is 16.3 Å². The van der Waals surface area contributed by atoms with Crippen LogP contribution < -0.4 is 4.72 Å². The van der Waals surface area contributed by atoms with E-state index in [-0.39, 0.29) is 27.3 Å². The molecule has 0 radical (unpaired) electrons. The molecule has 1 aliphatic rings. The van der Waals surface area contributed by atoms with Gasteiger partial charge in [0.25, 0.3) is 15.9 Å². The van der Waals surface area contributed by atoms with E-state index in [1.54, 1.807) is 30.1 Å². The fourth-order valence-corrected chi connectivity index (χ4v) is 3.98. The third-order valence-electron chi connectivity index (χ3n) is 3.79. The Morgan fingerprint density at radius 3 is 2.60 bits per heavy atom. The number of anilines is 1. The molecule has 0 saturated carbocycles. The summed E-state index contributed by atoms with van der Waals surface area (Å²) in [5.74, 6) is -0.256. The van der Waals surface area contributed by atoms with Crippen molar-refractivity contribution in [3.8, 4) is 0 Å². The second kappa shape index (κ2) is 7.03. The Bertz CT molecular complexity index is 891. The first-order valence-electron chi connectivity index (χ1n) is 7.56. The van der Waals surface area contributed by atoms with Gasteiger partial charge in [-0.3, -0.25) is 9.52 Å². The molecule has 25 heavy (non-hydrogen) atoms. The summed E-state index contributed by atoms with van der Waals surface area (Å²) >= 11 is 5.98. The summed E-state index contributed by atoms with van der Waals surface area (Å²) in [6, 6.07) is 6.44. The molecule has 1 aromatic heterocycles. The number of ether oxygens (including phenoxy) is 1. The average molecular weight is 385 g/mol. The summed E-state index contributed by atoms with van der Waals surface area (Å²) in [4.78, 5) is 18.1. The van der Waals surface area contributed by atoms with Crippen molar-refractivity contribution in [2.75, 3.05) is 31.0 Å². The fourth-order valence-electron chi connectivity index (χ4n) is 2.46. The molecule has 0 aliphatic carbocycles. The van der Waals surface area contributed by atoms with E-state index >= 15 is 0 Å². The van der Waals surface area contributed by atoms with Gasteiger partial charge in [0.15, 0.2) is 0 Å². The van der Waals surface area contributed by atoms with Crippen LogP contribution in [-0.2, 0) is 21.8 Å². The number of morpholine rings is 1. The minimum Gasteiger partial charge on any atom is -0.378 e. The van der Waals surface area contributed by atoms with Crippen LogP contribution in [0.25, 0.3) is 0 Å². The Kier molecular flexibility index (Phi) is 4.98. The van der Waals surface area contributed by atoms with Crippen LogP contribution in [-0.4, -0.2) is 55.1 Å². The van der Waals surface area contributed by atoms with Crippen LogP contribution in [0.1, 0.15) is 10.4 Å². The molecule has 0 bridgehead atoms. The molecule has 1 fully saturated rings. The Morgan fingerprint density at radius 2 is 1.96 bits per heavy atom. The lowest BCUT2D eigenvalue weighted by Crippen LogP contribution is -2.41. The zero-order chi connectivity index (χ0) is 18.0. The number of aryl methyl sites for hydroxylation is 1. The van der Waals surface area contributed by atoms with Crippen molar-refractivity contribution in [3.63, 3.8) is 0 Å². The number of imidazole rings is 1. The van der Waals surface area contributed by atoms with E-state index in [1.165, 1.54) is 17.0 Å². The van der Waals surface area contributed by atoms with Crippen LogP contribution in [0.4, 0.5) is 5.69 Å². The molecule has 1 saturated heterocycles. The summed E-state index contributed by atoms with van der Waals surface area (Å²) in [6.45, 7) is 1.85. The predicted octanol–water partition coefficient (Wildman–Crippen LogP) is 1.35. The second-order valence-corrected chi connectivity index (χ2v) is 7.46. The molecule has 134 valence electrons. The zero-order valence-electron chi connectivity index (χ0n) is 13.5. The van der Waals surface area contributed by atoms with Gasteiger partial charge in [-0.15, -0.1) is 0 Å². The molecule has 1 N–H and O–H groups in total. The average Bonchev–Trinajstić information content (AvgIpc) is 2.95. The topological polar surface area (TPSA) is 93.5 Å². The van der Waals surface area contributed by atoms with Gasteiger partial charge in [-0.05, 0) is 12.1 Å². The Morgan fingerprint density at radius 1 is 1.28 bits per heavy atom. The number of hydrogen-bond donors (Lipinski definition) is 1. The van der Waals surface area contributed by atoms with Crippen molar-refractivity contribution in [1.29, 1.82) is 0 Å². The lowest BCUT2D eigenvalue weighted by Gasteiger charge is -2.27. The van der Waals surface area contributed by atoms with Crippen LogP contribution in [0.2, 0.25) is 5.15 Å². The normalized spacial score (nSPS) is 15.2. The standard InChI is InChI=1S/C15H17ClN4O4S/c1-19-10-17-14(13(19)16)25(22,23)18-12-5-3-2-4-11(12)15(21)20-6-8-24-9-7-20/h2-5,10,18H,6-9H2,1H3. The van der Waals surface area contributed by atoms with Crippen molar-refractivity contribution >= 4 is 33.2 Å². The first kappa shape index (κ1) is 17.7. The summed E-state index contributed by atoms with van der Waals surface area (Å²) < 4.78 is 34.2. The van der Waals surface area contributed by atoms with Gasteiger partial charge in [0.1, 0.15) is 5.15 Å². The SMILES string of the molecule is Cn1cnc(S(=O)(=O)Nc2ccccc2C(=O)N2CCOCC2)c1Cl. The summed E-state index contributed by atoms with van der Waals surface area (Å²) in [7, 11) is -2.43. The third-order valence-corrected chi connectivity index (χ3v) is 5.64. The van der Waals surface area contributed by atoms with Gasteiger partial charge in [0, 0.05) is 20.1 Å². The van der Waals surface area contributed by atoms with E-state index in [0.29, 0.717) is 26.3 Å². The molecule has 1 amide bonds. The smallest absolute Gasteiger partial charge is 0.282 e. The Labute approximate surface area is 150 Å². The van der Waals surface area contributed by atoms with Crippen LogP contribution in [0.5, 0.6) is 0 Å². The molecule has 1 aliphatic heterocycles. The summed E-state index contributed by atoms with van der Waals surface area (Å²) in [5, 5.41) is -0.297. The molecule has 3 rings (SSSR count). The minimum atomic E-state index is -4.02. The van der Waals surface area contributed by atoms with Gasteiger partial charge in [0.2, 0.25) is 5.03 Å². The lowest BCUT2D eigenvalue weighted by molar-refractivity contribution is 0.0303. The maximum Gasteiger partial charge on any atom is 0.282 e.